The lowest BCUT2D eigenvalue weighted by Crippen LogP contribution is -1.84. The number of aromatic nitrogens is 1. The number of nitrogen functional groups attached to an aromatic ring is 1. The van der Waals surface area contributed by atoms with Gasteiger partial charge in [-0.3, -0.25) is 0 Å². The fraction of sp³-hybridized carbons (Fsp3) is 0.125. The number of methoxy groups -OCH3 is 1. The first kappa shape index (κ1) is 9.76. The first-order chi connectivity index (χ1) is 5.81. The summed E-state index contributed by atoms with van der Waals surface area (Å²) < 4.78 is 6.19. The van der Waals surface area contributed by atoms with Crippen LogP contribution in [0.25, 0.3) is 10.2 Å². The van der Waals surface area contributed by atoms with Crippen LogP contribution in [0, 0.1) is 0 Å². The Morgan fingerprint density at radius 2 is 2.23 bits per heavy atom. The highest BCUT2D eigenvalue weighted by atomic mass is 32.1. The van der Waals surface area contributed by atoms with Crippen molar-refractivity contribution in [1.82, 2.24) is 11.1 Å². The van der Waals surface area contributed by atoms with Crippen molar-refractivity contribution in [1.29, 1.82) is 0 Å². The molecule has 0 saturated carbocycles. The average molecular weight is 197 g/mol. The summed E-state index contributed by atoms with van der Waals surface area (Å²) in [6, 6.07) is 5.78. The molecule has 0 aliphatic heterocycles. The van der Waals surface area contributed by atoms with E-state index >= 15 is 0 Å². The number of anilines is 1. The van der Waals surface area contributed by atoms with Gasteiger partial charge in [0.05, 0.1) is 11.8 Å². The highest BCUT2D eigenvalue weighted by molar-refractivity contribution is 7.22. The van der Waals surface area contributed by atoms with Gasteiger partial charge in [0.1, 0.15) is 11.3 Å². The number of hydrogen-bond donors (Lipinski definition) is 2. The van der Waals surface area contributed by atoms with Gasteiger partial charge in [0.25, 0.3) is 0 Å². The zero-order chi connectivity index (χ0) is 8.55. The van der Waals surface area contributed by atoms with Crippen LogP contribution in [0.1, 0.15) is 0 Å². The van der Waals surface area contributed by atoms with Crippen molar-refractivity contribution in [3.63, 3.8) is 0 Å². The summed E-state index contributed by atoms with van der Waals surface area (Å²) in [5.41, 5.74) is 6.42. The van der Waals surface area contributed by atoms with Crippen molar-refractivity contribution < 1.29 is 4.74 Å². The van der Waals surface area contributed by atoms with Gasteiger partial charge < -0.3 is 16.6 Å². The topological polar surface area (TPSA) is 83.1 Å². The third-order valence-corrected chi connectivity index (χ3v) is 2.47. The molecule has 4 nitrogen and oxygen atoms in total. The summed E-state index contributed by atoms with van der Waals surface area (Å²) in [5.74, 6) is 0.778. The maximum Gasteiger partial charge on any atom is 0.181 e. The molecule has 0 unspecified atom stereocenters. The van der Waals surface area contributed by atoms with Crippen LogP contribution in [-0.4, -0.2) is 12.1 Å². The van der Waals surface area contributed by atoms with Crippen LogP contribution in [0.2, 0.25) is 0 Å². The molecule has 0 saturated heterocycles. The van der Waals surface area contributed by atoms with E-state index in [1.807, 2.05) is 18.2 Å². The van der Waals surface area contributed by atoms with Gasteiger partial charge in [-0.05, 0) is 12.1 Å². The maximum atomic E-state index is 5.57. The van der Waals surface area contributed by atoms with Gasteiger partial charge >= 0.3 is 0 Å². The number of benzene rings is 1. The van der Waals surface area contributed by atoms with E-state index < -0.39 is 0 Å². The second-order valence-electron chi connectivity index (χ2n) is 2.36. The molecule has 2 rings (SSSR count). The van der Waals surface area contributed by atoms with E-state index in [-0.39, 0.29) is 6.15 Å². The molecule has 5 heteroatoms. The third kappa shape index (κ3) is 1.56. The molecule has 1 aromatic heterocycles. The molecule has 0 spiro atoms. The Balaban J connectivity index is 0.000000845. The molecular formula is C8H11N3OS. The number of hydrogen-bond acceptors (Lipinski definition) is 5. The number of nitrogens with two attached hydrogens (primary N) is 1. The minimum absolute atomic E-state index is 0. The van der Waals surface area contributed by atoms with Crippen molar-refractivity contribution in [2.75, 3.05) is 12.8 Å². The average Bonchev–Trinajstić information content (AvgIpc) is 2.44. The van der Waals surface area contributed by atoms with Crippen LogP contribution in [-0.2, 0) is 0 Å². The van der Waals surface area contributed by atoms with Gasteiger partial charge in [0.15, 0.2) is 5.13 Å². The predicted octanol–water partition coefficient (Wildman–Crippen LogP) is 2.05. The van der Waals surface area contributed by atoms with Gasteiger partial charge in [-0.1, -0.05) is 17.4 Å². The van der Waals surface area contributed by atoms with Gasteiger partial charge in [-0.2, -0.15) is 0 Å². The molecule has 0 aliphatic carbocycles. The van der Waals surface area contributed by atoms with Crippen LogP contribution in [0.5, 0.6) is 5.75 Å². The largest absolute Gasteiger partial charge is 0.494 e. The first-order valence-corrected chi connectivity index (χ1v) is 4.32. The standard InChI is InChI=1S/C8H8N2OS.H3N/c1-11-5-3-2-4-6-7(5)10-8(9)12-6;/h2-4H,1H3,(H2,9,10);1H3. The summed E-state index contributed by atoms with van der Waals surface area (Å²) in [6.07, 6.45) is 0. The summed E-state index contributed by atoms with van der Waals surface area (Å²) in [4.78, 5) is 4.16. The lowest BCUT2D eigenvalue weighted by atomic mass is 10.3. The normalized spacial score (nSPS) is 9.62. The fourth-order valence-electron chi connectivity index (χ4n) is 1.11. The molecule has 5 N–H and O–H groups in total. The minimum atomic E-state index is 0. The number of thiazole rings is 1. The van der Waals surface area contributed by atoms with E-state index in [1.165, 1.54) is 11.3 Å². The number of rotatable bonds is 1. The summed E-state index contributed by atoms with van der Waals surface area (Å²) in [5, 5.41) is 0.578. The van der Waals surface area contributed by atoms with E-state index in [2.05, 4.69) is 4.98 Å². The SMILES string of the molecule is COc1cccc2sc(N)nc12.N. The number of nitrogens with zero attached hydrogens (tertiary/aromatic N) is 1. The first-order valence-electron chi connectivity index (χ1n) is 3.50. The molecule has 1 heterocycles. The van der Waals surface area contributed by atoms with Crippen LogP contribution < -0.4 is 16.6 Å². The second kappa shape index (κ2) is 3.59. The Kier molecular flexibility index (Phi) is 2.69. The second-order valence-corrected chi connectivity index (χ2v) is 3.42. The molecule has 0 radical (unpaired) electrons. The van der Waals surface area contributed by atoms with Gasteiger partial charge in [-0.25, -0.2) is 4.98 Å². The number of ether oxygens (including phenoxy) is 1. The maximum absolute atomic E-state index is 5.57. The monoisotopic (exact) mass is 197 g/mol. The number of para-hydroxylation sites is 1. The smallest absolute Gasteiger partial charge is 0.181 e. The van der Waals surface area contributed by atoms with Crippen molar-refractivity contribution in [3.8, 4) is 5.75 Å². The summed E-state index contributed by atoms with van der Waals surface area (Å²) >= 11 is 1.47. The van der Waals surface area contributed by atoms with Crippen molar-refractivity contribution in [3.05, 3.63) is 18.2 Å². The molecule has 0 aliphatic rings. The fourth-order valence-corrected chi connectivity index (χ4v) is 1.86. The Labute approximate surface area is 79.9 Å². The van der Waals surface area contributed by atoms with E-state index in [4.69, 9.17) is 10.5 Å². The van der Waals surface area contributed by atoms with E-state index in [9.17, 15) is 0 Å². The predicted molar refractivity (Wildman–Crippen MR) is 55.6 cm³/mol. The van der Waals surface area contributed by atoms with Gasteiger partial charge in [-0.15, -0.1) is 0 Å². The zero-order valence-corrected chi connectivity index (χ0v) is 8.10. The quantitative estimate of drug-likeness (QED) is 0.732. The van der Waals surface area contributed by atoms with Crippen LogP contribution in [0.3, 0.4) is 0 Å². The molecule has 70 valence electrons. The summed E-state index contributed by atoms with van der Waals surface area (Å²) in [7, 11) is 1.63. The Bertz CT molecular complexity index is 413. The molecule has 0 fully saturated rings. The molecule has 0 amide bonds. The van der Waals surface area contributed by atoms with Crippen LogP contribution in [0.4, 0.5) is 5.13 Å². The van der Waals surface area contributed by atoms with Gasteiger partial charge in [0, 0.05) is 0 Å². The van der Waals surface area contributed by atoms with Gasteiger partial charge in [0.2, 0.25) is 0 Å². The highest BCUT2D eigenvalue weighted by Gasteiger charge is 2.04. The van der Waals surface area contributed by atoms with Crippen molar-refractivity contribution >= 4 is 26.7 Å². The molecular weight excluding hydrogens is 186 g/mol. The molecule has 13 heavy (non-hydrogen) atoms. The lowest BCUT2D eigenvalue weighted by molar-refractivity contribution is 0.419. The molecule has 0 atom stereocenters. The van der Waals surface area contributed by atoms with Crippen LogP contribution >= 0.6 is 11.3 Å². The molecule has 1 aromatic carbocycles. The lowest BCUT2D eigenvalue weighted by Gasteiger charge is -1.97. The number of fused-ring (bicyclic) bond motifs is 1. The van der Waals surface area contributed by atoms with Crippen molar-refractivity contribution in [2.45, 2.75) is 0 Å². The highest BCUT2D eigenvalue weighted by Crippen LogP contribution is 2.30. The van der Waals surface area contributed by atoms with E-state index in [0.29, 0.717) is 5.13 Å². The summed E-state index contributed by atoms with van der Waals surface area (Å²) in [6.45, 7) is 0. The Morgan fingerprint density at radius 3 is 2.92 bits per heavy atom. The van der Waals surface area contributed by atoms with Crippen LogP contribution in [0.15, 0.2) is 18.2 Å². The zero-order valence-electron chi connectivity index (χ0n) is 7.28. The molecule has 0 bridgehead atoms. The molecule has 2 aromatic rings. The van der Waals surface area contributed by atoms with Crippen molar-refractivity contribution in [2.24, 2.45) is 0 Å². The third-order valence-electron chi connectivity index (χ3n) is 1.62. The van der Waals surface area contributed by atoms with E-state index in [0.717, 1.165) is 16.0 Å². The minimum Gasteiger partial charge on any atom is -0.494 e. The Hall–Kier alpha value is -1.33. The Morgan fingerprint density at radius 1 is 1.46 bits per heavy atom. The van der Waals surface area contributed by atoms with E-state index in [1.54, 1.807) is 7.11 Å².